The maximum absolute atomic E-state index is 12.8. The van der Waals surface area contributed by atoms with Crippen molar-refractivity contribution in [2.45, 2.75) is 45.1 Å². The van der Waals surface area contributed by atoms with Gasteiger partial charge in [-0.15, -0.1) is 11.3 Å². The topological polar surface area (TPSA) is 58.2 Å². The van der Waals surface area contributed by atoms with Crippen LogP contribution >= 0.6 is 11.3 Å². The summed E-state index contributed by atoms with van der Waals surface area (Å²) in [6.07, 6.45) is 7.27. The smallest absolute Gasteiger partial charge is 0.268 e. The summed E-state index contributed by atoms with van der Waals surface area (Å²) in [4.78, 5) is 26.3. The number of rotatable bonds is 5. The van der Waals surface area contributed by atoms with Crippen LogP contribution < -0.4 is 10.6 Å². The quantitative estimate of drug-likeness (QED) is 0.774. The molecular formula is C21H24N2O2S. The number of hydrogen-bond donors (Lipinski definition) is 2. The monoisotopic (exact) mass is 368 g/mol. The van der Waals surface area contributed by atoms with Gasteiger partial charge < -0.3 is 10.6 Å². The Balaban J connectivity index is 1.75. The molecule has 1 aromatic carbocycles. The molecule has 2 amide bonds. The first-order valence-corrected chi connectivity index (χ1v) is 9.94. The summed E-state index contributed by atoms with van der Waals surface area (Å²) in [5.74, 6) is -0.489. The van der Waals surface area contributed by atoms with Gasteiger partial charge in [0.1, 0.15) is 5.70 Å². The van der Waals surface area contributed by atoms with E-state index in [1.807, 2.05) is 36.6 Å². The number of carbonyl (C=O) groups is 2. The van der Waals surface area contributed by atoms with E-state index in [1.165, 1.54) is 17.8 Å². The van der Waals surface area contributed by atoms with Gasteiger partial charge in [0.15, 0.2) is 0 Å². The number of benzene rings is 1. The van der Waals surface area contributed by atoms with Crippen LogP contribution in [0.1, 0.15) is 52.9 Å². The molecule has 26 heavy (non-hydrogen) atoms. The van der Waals surface area contributed by atoms with Gasteiger partial charge in [-0.05, 0) is 49.4 Å². The lowest BCUT2D eigenvalue weighted by molar-refractivity contribution is -0.118. The van der Waals surface area contributed by atoms with Crippen LogP contribution in [0.5, 0.6) is 0 Å². The maximum Gasteiger partial charge on any atom is 0.268 e. The zero-order valence-electron chi connectivity index (χ0n) is 15.0. The molecule has 1 saturated carbocycles. The van der Waals surface area contributed by atoms with Gasteiger partial charge in [-0.25, -0.2) is 0 Å². The van der Waals surface area contributed by atoms with Crippen molar-refractivity contribution in [2.24, 2.45) is 0 Å². The Morgan fingerprint density at radius 1 is 1.08 bits per heavy atom. The Labute approximate surface area is 158 Å². The molecule has 2 aromatic rings. The van der Waals surface area contributed by atoms with Crippen LogP contribution in [0, 0.1) is 6.92 Å². The van der Waals surface area contributed by atoms with Gasteiger partial charge in [-0.1, -0.05) is 43.0 Å². The highest BCUT2D eigenvalue weighted by Gasteiger charge is 2.20. The first-order chi connectivity index (χ1) is 12.6. The fourth-order valence-corrected chi connectivity index (χ4v) is 3.74. The number of aryl methyl sites for hydroxylation is 1. The molecule has 1 heterocycles. The van der Waals surface area contributed by atoms with Gasteiger partial charge in [0.2, 0.25) is 0 Å². The third-order valence-electron chi connectivity index (χ3n) is 4.58. The highest BCUT2D eigenvalue weighted by molar-refractivity contribution is 7.10. The van der Waals surface area contributed by atoms with E-state index >= 15 is 0 Å². The molecule has 0 saturated heterocycles. The summed E-state index contributed by atoms with van der Waals surface area (Å²) in [7, 11) is 0. The lowest BCUT2D eigenvalue weighted by atomic mass is 9.95. The molecule has 1 aliphatic rings. The van der Waals surface area contributed by atoms with Gasteiger partial charge in [0.05, 0.1) is 0 Å². The maximum atomic E-state index is 12.8. The predicted molar refractivity (Wildman–Crippen MR) is 106 cm³/mol. The van der Waals surface area contributed by atoms with E-state index in [-0.39, 0.29) is 17.9 Å². The molecule has 4 nitrogen and oxygen atoms in total. The van der Waals surface area contributed by atoms with Crippen LogP contribution in [-0.2, 0) is 4.79 Å². The molecule has 0 radical (unpaired) electrons. The van der Waals surface area contributed by atoms with Gasteiger partial charge >= 0.3 is 0 Å². The second-order valence-corrected chi connectivity index (χ2v) is 7.68. The van der Waals surface area contributed by atoms with Crippen molar-refractivity contribution in [3.63, 3.8) is 0 Å². The lowest BCUT2D eigenvalue weighted by Crippen LogP contribution is -2.41. The number of hydrogen-bond acceptors (Lipinski definition) is 3. The third kappa shape index (κ3) is 5.05. The zero-order valence-corrected chi connectivity index (χ0v) is 15.8. The second-order valence-electron chi connectivity index (χ2n) is 6.70. The van der Waals surface area contributed by atoms with E-state index in [0.29, 0.717) is 11.3 Å². The largest absolute Gasteiger partial charge is 0.348 e. The van der Waals surface area contributed by atoms with Crippen molar-refractivity contribution in [2.75, 3.05) is 0 Å². The molecule has 0 aliphatic heterocycles. The van der Waals surface area contributed by atoms with E-state index < -0.39 is 0 Å². The van der Waals surface area contributed by atoms with Crippen LogP contribution in [0.4, 0.5) is 0 Å². The number of nitrogens with one attached hydrogen (secondary N) is 2. The second kappa shape index (κ2) is 8.81. The molecular weight excluding hydrogens is 344 g/mol. The Kier molecular flexibility index (Phi) is 6.23. The predicted octanol–water partition coefficient (Wildman–Crippen LogP) is 4.28. The van der Waals surface area contributed by atoms with Gasteiger partial charge in [-0.2, -0.15) is 0 Å². The summed E-state index contributed by atoms with van der Waals surface area (Å²) >= 11 is 1.53. The molecule has 5 heteroatoms. The van der Waals surface area contributed by atoms with E-state index in [4.69, 9.17) is 0 Å². The normalized spacial score (nSPS) is 15.5. The van der Waals surface area contributed by atoms with E-state index in [9.17, 15) is 9.59 Å². The Hall–Kier alpha value is -2.40. The van der Waals surface area contributed by atoms with Crippen molar-refractivity contribution in [1.29, 1.82) is 0 Å². The Morgan fingerprint density at radius 2 is 1.81 bits per heavy atom. The number of carbonyl (C=O) groups excluding carboxylic acids is 2. The third-order valence-corrected chi connectivity index (χ3v) is 5.40. The molecule has 2 N–H and O–H groups in total. The average molecular weight is 369 g/mol. The standard InChI is InChI=1S/C21H24N2O2S/c1-15-9-11-16(12-10-15)20(24)23-19(14-18-8-5-13-26-18)21(25)22-17-6-3-2-4-7-17/h5,8-14,17H,2-4,6-7H2,1H3,(H,22,25)(H,23,24)/b19-14+. The van der Waals surface area contributed by atoms with Crippen molar-refractivity contribution in [3.8, 4) is 0 Å². The summed E-state index contributed by atoms with van der Waals surface area (Å²) in [5, 5.41) is 7.83. The molecule has 0 atom stereocenters. The molecule has 3 rings (SSSR count). The van der Waals surface area contributed by atoms with Crippen LogP contribution in [-0.4, -0.2) is 17.9 Å². The average Bonchev–Trinajstić information content (AvgIpc) is 3.15. The fraction of sp³-hybridized carbons (Fsp3) is 0.333. The van der Waals surface area contributed by atoms with Crippen molar-refractivity contribution in [3.05, 3.63) is 63.5 Å². The highest BCUT2D eigenvalue weighted by Crippen LogP contribution is 2.18. The van der Waals surface area contributed by atoms with Gasteiger partial charge in [0, 0.05) is 16.5 Å². The SMILES string of the molecule is Cc1ccc(C(=O)N/C(=C/c2cccs2)C(=O)NC2CCCCC2)cc1. The fourth-order valence-electron chi connectivity index (χ4n) is 3.08. The number of amides is 2. The Morgan fingerprint density at radius 3 is 2.46 bits per heavy atom. The molecule has 136 valence electrons. The lowest BCUT2D eigenvalue weighted by Gasteiger charge is -2.23. The van der Waals surface area contributed by atoms with E-state index in [2.05, 4.69) is 10.6 Å². The minimum atomic E-state index is -0.272. The van der Waals surface area contributed by atoms with E-state index in [0.717, 1.165) is 36.1 Å². The van der Waals surface area contributed by atoms with E-state index in [1.54, 1.807) is 18.2 Å². The van der Waals surface area contributed by atoms with Crippen LogP contribution in [0.25, 0.3) is 6.08 Å². The minimum Gasteiger partial charge on any atom is -0.348 e. The van der Waals surface area contributed by atoms with Crippen molar-refractivity contribution in [1.82, 2.24) is 10.6 Å². The molecule has 1 aliphatic carbocycles. The molecule has 1 fully saturated rings. The summed E-state index contributed by atoms with van der Waals surface area (Å²) < 4.78 is 0. The Bertz CT molecular complexity index is 773. The van der Waals surface area contributed by atoms with Crippen molar-refractivity contribution < 1.29 is 9.59 Å². The summed E-state index contributed by atoms with van der Waals surface area (Å²) in [5.41, 5.74) is 1.92. The molecule has 0 spiro atoms. The van der Waals surface area contributed by atoms with Crippen molar-refractivity contribution >= 4 is 29.2 Å². The highest BCUT2D eigenvalue weighted by atomic mass is 32.1. The van der Waals surface area contributed by atoms with Gasteiger partial charge in [-0.3, -0.25) is 9.59 Å². The first kappa shape index (κ1) is 18.4. The van der Waals surface area contributed by atoms with Gasteiger partial charge in [0.25, 0.3) is 11.8 Å². The zero-order chi connectivity index (χ0) is 18.4. The minimum absolute atomic E-state index is 0.194. The summed E-state index contributed by atoms with van der Waals surface area (Å²) in [6, 6.07) is 11.4. The molecule has 0 unspecified atom stereocenters. The summed E-state index contributed by atoms with van der Waals surface area (Å²) in [6.45, 7) is 1.97. The van der Waals surface area contributed by atoms with Crippen LogP contribution in [0.2, 0.25) is 0 Å². The van der Waals surface area contributed by atoms with Crippen LogP contribution in [0.3, 0.4) is 0 Å². The molecule has 0 bridgehead atoms. The molecule has 1 aromatic heterocycles. The van der Waals surface area contributed by atoms with Crippen LogP contribution in [0.15, 0.2) is 47.5 Å². The first-order valence-electron chi connectivity index (χ1n) is 9.06. The number of thiophene rings is 1.